The van der Waals surface area contributed by atoms with Crippen molar-refractivity contribution >= 4 is 33.2 Å². The average Bonchev–Trinajstić information content (AvgIpc) is 3.12. The minimum atomic E-state index is -4.09. The van der Waals surface area contributed by atoms with Gasteiger partial charge >= 0.3 is 0 Å². The maximum absolute atomic E-state index is 14.0. The maximum atomic E-state index is 14.0. The summed E-state index contributed by atoms with van der Waals surface area (Å²) < 4.78 is 35.1. The van der Waals surface area contributed by atoms with Gasteiger partial charge in [-0.2, -0.15) is 0 Å². The van der Waals surface area contributed by atoms with E-state index < -0.39 is 33.7 Å². The van der Waals surface area contributed by atoms with Gasteiger partial charge in [0.25, 0.3) is 10.0 Å². The van der Waals surface area contributed by atoms with E-state index in [2.05, 4.69) is 0 Å². The molecule has 3 fully saturated rings. The molecule has 0 N–H and O–H groups in total. The zero-order valence-electron chi connectivity index (χ0n) is 18.7. The molecule has 4 heterocycles. The van der Waals surface area contributed by atoms with E-state index in [0.29, 0.717) is 22.9 Å². The molecule has 0 radical (unpaired) electrons. The number of halogens is 1. The lowest BCUT2D eigenvalue weighted by Crippen LogP contribution is -2.76. The number of nitrogens with zero attached hydrogens (tertiary/aromatic N) is 2. The number of aryl methyl sites for hydroxylation is 1. The summed E-state index contributed by atoms with van der Waals surface area (Å²) in [6.07, 6.45) is -0.296. The van der Waals surface area contributed by atoms with Gasteiger partial charge in [-0.3, -0.25) is 4.79 Å². The quantitative estimate of drug-likeness (QED) is 0.516. The van der Waals surface area contributed by atoms with E-state index in [0.717, 1.165) is 15.4 Å². The highest BCUT2D eigenvalue weighted by Gasteiger charge is 2.68. The standard InChI is InChI=1S/C26H23ClN2O4S/c1-16-8-11-19(12-9-16)34(31,32)29-23-15-20(17-6-4-3-5-7-17)24(25(29)30)26(2)28(23)21-14-18(27)10-13-22(21)33-26/h3-14,20,23-24H,15H2,1-2H3/t20-,23+,24+,26-/m1/s1. The molecule has 4 aliphatic rings. The lowest BCUT2D eigenvalue weighted by Gasteiger charge is -2.59. The summed E-state index contributed by atoms with van der Waals surface area (Å²) in [7, 11) is -4.09. The number of rotatable bonds is 3. The Labute approximate surface area is 203 Å². The van der Waals surface area contributed by atoms with Gasteiger partial charge in [-0.15, -0.1) is 0 Å². The van der Waals surface area contributed by atoms with Crippen LogP contribution in [0.1, 0.15) is 30.4 Å². The highest BCUT2D eigenvalue weighted by atomic mass is 35.5. The van der Waals surface area contributed by atoms with E-state index in [1.807, 2.05) is 49.1 Å². The molecule has 6 nitrogen and oxygen atoms in total. The van der Waals surface area contributed by atoms with Crippen molar-refractivity contribution < 1.29 is 17.9 Å². The Bertz CT molecular complexity index is 1410. The van der Waals surface area contributed by atoms with Gasteiger partial charge in [0, 0.05) is 10.9 Å². The second kappa shape index (κ2) is 7.23. The van der Waals surface area contributed by atoms with Crippen molar-refractivity contribution in [1.29, 1.82) is 0 Å². The van der Waals surface area contributed by atoms with Crippen molar-refractivity contribution in [2.24, 2.45) is 5.92 Å². The van der Waals surface area contributed by atoms with Gasteiger partial charge in [0.15, 0.2) is 5.72 Å². The molecule has 4 atom stereocenters. The number of hydrogen-bond donors (Lipinski definition) is 0. The SMILES string of the molecule is Cc1ccc(S(=O)(=O)N2C(=O)[C@@H]3[C@@H](c4ccccc4)C[C@H]2N2c4cc(Cl)ccc4O[C@]32C)cc1. The van der Waals surface area contributed by atoms with Crippen LogP contribution in [0.2, 0.25) is 5.02 Å². The van der Waals surface area contributed by atoms with Crippen LogP contribution >= 0.6 is 11.6 Å². The van der Waals surface area contributed by atoms with Crippen LogP contribution in [0, 0.1) is 12.8 Å². The zero-order valence-corrected chi connectivity index (χ0v) is 20.3. The summed E-state index contributed by atoms with van der Waals surface area (Å²) in [5.74, 6) is -0.762. The molecule has 174 valence electrons. The first-order valence-electron chi connectivity index (χ1n) is 11.2. The van der Waals surface area contributed by atoms with Gasteiger partial charge in [-0.05, 0) is 56.2 Å². The van der Waals surface area contributed by atoms with E-state index in [4.69, 9.17) is 16.3 Å². The monoisotopic (exact) mass is 494 g/mol. The van der Waals surface area contributed by atoms with Crippen LogP contribution in [0.25, 0.3) is 0 Å². The number of carbonyl (C=O) groups is 1. The molecular weight excluding hydrogens is 472 g/mol. The Morgan fingerprint density at radius 2 is 1.74 bits per heavy atom. The second-order valence-corrected chi connectivity index (χ2v) is 11.6. The van der Waals surface area contributed by atoms with Gasteiger partial charge in [0.1, 0.15) is 17.8 Å². The minimum absolute atomic E-state index is 0.100. The number of anilines is 1. The summed E-state index contributed by atoms with van der Waals surface area (Å²) >= 11 is 6.31. The molecule has 1 amide bonds. The predicted octanol–water partition coefficient (Wildman–Crippen LogP) is 4.92. The molecule has 8 heteroatoms. The molecule has 3 saturated heterocycles. The van der Waals surface area contributed by atoms with Gasteiger partial charge < -0.3 is 9.64 Å². The number of ether oxygens (including phenoxy) is 1. The minimum Gasteiger partial charge on any atom is -0.465 e. The van der Waals surface area contributed by atoms with Crippen LogP contribution in [0.5, 0.6) is 5.75 Å². The average molecular weight is 495 g/mol. The summed E-state index contributed by atoms with van der Waals surface area (Å²) in [6, 6.07) is 21.7. The van der Waals surface area contributed by atoms with Crippen LogP contribution in [0.3, 0.4) is 0 Å². The molecule has 7 rings (SSSR count). The topological polar surface area (TPSA) is 66.9 Å². The highest BCUT2D eigenvalue weighted by molar-refractivity contribution is 7.89. The normalized spacial score (nSPS) is 27.4. The van der Waals surface area contributed by atoms with Gasteiger partial charge in [-0.25, -0.2) is 12.7 Å². The smallest absolute Gasteiger partial charge is 0.268 e. The summed E-state index contributed by atoms with van der Waals surface area (Å²) in [6.45, 7) is 3.77. The first kappa shape index (κ1) is 21.5. The molecule has 4 aliphatic heterocycles. The van der Waals surface area contributed by atoms with Crippen LogP contribution in [0.4, 0.5) is 5.69 Å². The molecule has 0 unspecified atom stereocenters. The third-order valence-electron chi connectivity index (χ3n) is 7.28. The molecular formula is C26H23ClN2O4S. The van der Waals surface area contributed by atoms with Gasteiger partial charge in [0.2, 0.25) is 5.91 Å². The zero-order chi connectivity index (χ0) is 23.8. The Hall–Kier alpha value is -3.03. The second-order valence-electron chi connectivity index (χ2n) is 9.30. The fourth-order valence-corrected chi connectivity index (χ4v) is 7.53. The van der Waals surface area contributed by atoms with Crippen molar-refractivity contribution in [2.45, 2.75) is 43.0 Å². The summed E-state index contributed by atoms with van der Waals surface area (Å²) in [5.41, 5.74) is 1.61. The van der Waals surface area contributed by atoms with Crippen LogP contribution < -0.4 is 9.64 Å². The highest BCUT2D eigenvalue weighted by Crippen LogP contribution is 2.59. The molecule has 2 bridgehead atoms. The molecule has 0 aromatic heterocycles. The number of carbonyl (C=O) groups excluding carboxylic acids is 1. The third-order valence-corrected chi connectivity index (χ3v) is 9.32. The Balaban J connectivity index is 1.54. The number of sulfonamides is 1. The van der Waals surface area contributed by atoms with Crippen LogP contribution in [0.15, 0.2) is 77.7 Å². The van der Waals surface area contributed by atoms with Crippen molar-refractivity contribution in [3.05, 3.63) is 88.9 Å². The lowest BCUT2D eigenvalue weighted by molar-refractivity contribution is -0.155. The number of amides is 1. The fraction of sp³-hybridized carbons (Fsp3) is 0.269. The lowest BCUT2D eigenvalue weighted by atomic mass is 9.70. The molecule has 0 saturated carbocycles. The van der Waals surface area contributed by atoms with Crippen molar-refractivity contribution in [3.8, 4) is 5.75 Å². The van der Waals surface area contributed by atoms with E-state index in [1.54, 1.807) is 42.5 Å². The molecule has 34 heavy (non-hydrogen) atoms. The van der Waals surface area contributed by atoms with Gasteiger partial charge in [-0.1, -0.05) is 59.6 Å². The number of fused-ring (bicyclic) bond motifs is 3. The Kier molecular flexibility index (Phi) is 4.57. The summed E-state index contributed by atoms with van der Waals surface area (Å²) in [4.78, 5) is 16.1. The van der Waals surface area contributed by atoms with Crippen LogP contribution in [-0.4, -0.2) is 30.5 Å². The first-order valence-corrected chi connectivity index (χ1v) is 13.0. The molecule has 3 aromatic rings. The molecule has 0 spiro atoms. The predicted molar refractivity (Wildman–Crippen MR) is 129 cm³/mol. The third kappa shape index (κ3) is 2.86. The van der Waals surface area contributed by atoms with E-state index in [-0.39, 0.29) is 10.8 Å². The van der Waals surface area contributed by atoms with Crippen molar-refractivity contribution in [2.75, 3.05) is 4.90 Å². The maximum Gasteiger partial charge on any atom is 0.268 e. The van der Waals surface area contributed by atoms with E-state index >= 15 is 0 Å². The Morgan fingerprint density at radius 3 is 2.44 bits per heavy atom. The Morgan fingerprint density at radius 1 is 1.03 bits per heavy atom. The largest absolute Gasteiger partial charge is 0.465 e. The number of hydrogen-bond acceptors (Lipinski definition) is 5. The number of piperidine rings is 2. The fourth-order valence-electron chi connectivity index (χ4n) is 5.80. The molecule has 3 aromatic carbocycles. The van der Waals surface area contributed by atoms with Crippen LogP contribution in [-0.2, 0) is 14.8 Å². The first-order chi connectivity index (χ1) is 16.2. The van der Waals surface area contributed by atoms with Crippen molar-refractivity contribution in [3.63, 3.8) is 0 Å². The van der Waals surface area contributed by atoms with E-state index in [1.165, 1.54) is 0 Å². The van der Waals surface area contributed by atoms with Crippen molar-refractivity contribution in [1.82, 2.24) is 4.31 Å². The summed E-state index contributed by atoms with van der Waals surface area (Å²) in [5, 5.41) is 0.520. The van der Waals surface area contributed by atoms with E-state index in [9.17, 15) is 13.2 Å². The molecule has 0 aliphatic carbocycles. The number of benzene rings is 3. The van der Waals surface area contributed by atoms with Gasteiger partial charge in [0.05, 0.1) is 10.6 Å².